The average molecular weight is 382 g/mol. The van der Waals surface area contributed by atoms with Crippen LogP contribution >= 0.6 is 22.9 Å². The number of nitrogens with one attached hydrogen (secondary N) is 2. The summed E-state index contributed by atoms with van der Waals surface area (Å²) in [4.78, 5) is 25.9. The predicted octanol–water partition coefficient (Wildman–Crippen LogP) is 3.61. The lowest BCUT2D eigenvalue weighted by atomic mass is 10.1. The number of carbonyl (C=O) groups excluding carboxylic acids is 2. The normalized spacial score (nSPS) is 11.9. The lowest BCUT2D eigenvalue weighted by Crippen LogP contribution is -2.36. The van der Waals surface area contributed by atoms with E-state index in [0.717, 1.165) is 5.56 Å². The fourth-order valence-corrected chi connectivity index (χ4v) is 3.20. The second kappa shape index (κ2) is 8.84. The summed E-state index contributed by atoms with van der Waals surface area (Å²) in [6.07, 6.45) is 0. The van der Waals surface area contributed by atoms with E-state index in [1.54, 1.807) is 17.4 Å². The van der Waals surface area contributed by atoms with Crippen molar-refractivity contribution in [3.63, 3.8) is 0 Å². The van der Waals surface area contributed by atoms with Gasteiger partial charge in [0.15, 0.2) is 0 Å². The Labute approximate surface area is 155 Å². The van der Waals surface area contributed by atoms with E-state index < -0.39 is 5.97 Å². The number of methoxy groups -OCH3 is 1. The maximum atomic E-state index is 12.2. The maximum Gasteiger partial charge on any atom is 0.339 e. The first-order valence-corrected chi connectivity index (χ1v) is 8.85. The molecule has 0 fully saturated rings. The summed E-state index contributed by atoms with van der Waals surface area (Å²) in [5.74, 6) is -0.556. The topological polar surface area (TPSA) is 70.7 Å². The summed E-state index contributed by atoms with van der Waals surface area (Å²) in [5.41, 5.74) is 1.81. The van der Waals surface area contributed by atoms with Gasteiger partial charge in [-0.15, -0.1) is 0 Å². The number of amides is 2. The maximum absolute atomic E-state index is 12.2. The Morgan fingerprint density at radius 2 is 2.08 bits per heavy atom. The van der Waals surface area contributed by atoms with Crippen molar-refractivity contribution >= 4 is 40.6 Å². The molecule has 0 bridgehead atoms. The Balaban J connectivity index is 1.99. The highest BCUT2D eigenvalue weighted by Crippen LogP contribution is 2.22. The third kappa shape index (κ3) is 5.19. The number of likely N-dealkylation sites (N-methyl/N-ethyl adjacent to an activating group) is 1. The first-order chi connectivity index (χ1) is 11.9. The highest BCUT2D eigenvalue weighted by atomic mass is 35.5. The fraction of sp³-hybridized carbons (Fsp3) is 0.294. The van der Waals surface area contributed by atoms with E-state index in [9.17, 15) is 9.59 Å². The summed E-state index contributed by atoms with van der Waals surface area (Å²) in [5, 5.41) is 9.87. The van der Waals surface area contributed by atoms with Gasteiger partial charge in [0.05, 0.1) is 23.7 Å². The van der Waals surface area contributed by atoms with Crippen molar-refractivity contribution in [3.8, 4) is 0 Å². The number of thiophene rings is 1. The number of hydrogen-bond donors (Lipinski definition) is 2. The third-order valence-electron chi connectivity index (χ3n) is 3.64. The van der Waals surface area contributed by atoms with E-state index >= 15 is 0 Å². The van der Waals surface area contributed by atoms with Crippen molar-refractivity contribution in [1.82, 2.24) is 10.2 Å². The molecular formula is C17H20ClN3O3S. The van der Waals surface area contributed by atoms with E-state index in [0.29, 0.717) is 12.2 Å². The molecule has 0 saturated carbocycles. The summed E-state index contributed by atoms with van der Waals surface area (Å²) in [6, 6.07) is 6.40. The standard InChI is InChI=1S/C17H20ClN3O3S/c1-21(2)15(11-6-7-25-10-11)9-19-17(23)20-12-4-5-14(18)13(8-12)16(22)24-3/h4-8,10,15H,9H2,1-3H3,(H2,19,20,23). The van der Waals surface area contributed by atoms with Crippen molar-refractivity contribution in [2.24, 2.45) is 0 Å². The number of ether oxygens (including phenoxy) is 1. The zero-order chi connectivity index (χ0) is 18.4. The molecule has 2 rings (SSSR count). The first-order valence-electron chi connectivity index (χ1n) is 7.53. The number of carbonyl (C=O) groups is 2. The summed E-state index contributed by atoms with van der Waals surface area (Å²) in [6.45, 7) is 0.451. The van der Waals surface area contributed by atoms with Crippen LogP contribution < -0.4 is 10.6 Å². The van der Waals surface area contributed by atoms with Gasteiger partial charge in [0.25, 0.3) is 0 Å². The third-order valence-corrected chi connectivity index (χ3v) is 4.67. The minimum atomic E-state index is -0.556. The van der Waals surface area contributed by atoms with Gasteiger partial charge in [-0.3, -0.25) is 0 Å². The van der Waals surface area contributed by atoms with Gasteiger partial charge in [-0.05, 0) is 54.7 Å². The molecule has 2 aromatic rings. The average Bonchev–Trinajstić information content (AvgIpc) is 3.10. The number of rotatable bonds is 6. The molecule has 1 aromatic carbocycles. The summed E-state index contributed by atoms with van der Waals surface area (Å²) >= 11 is 7.59. The fourth-order valence-electron chi connectivity index (χ4n) is 2.30. The zero-order valence-electron chi connectivity index (χ0n) is 14.2. The van der Waals surface area contributed by atoms with Gasteiger partial charge >= 0.3 is 12.0 Å². The molecular weight excluding hydrogens is 362 g/mol. The molecule has 25 heavy (non-hydrogen) atoms. The SMILES string of the molecule is COC(=O)c1cc(NC(=O)NCC(c2ccsc2)N(C)C)ccc1Cl. The molecule has 134 valence electrons. The largest absolute Gasteiger partial charge is 0.465 e. The second-order valence-corrected chi connectivity index (χ2v) is 6.74. The minimum absolute atomic E-state index is 0.0767. The molecule has 6 nitrogen and oxygen atoms in total. The lowest BCUT2D eigenvalue weighted by molar-refractivity contribution is 0.0601. The Morgan fingerprint density at radius 1 is 1.32 bits per heavy atom. The van der Waals surface area contributed by atoms with E-state index in [4.69, 9.17) is 11.6 Å². The van der Waals surface area contributed by atoms with Crippen molar-refractivity contribution in [2.45, 2.75) is 6.04 Å². The molecule has 1 atom stereocenters. The van der Waals surface area contributed by atoms with E-state index in [1.165, 1.54) is 19.2 Å². The number of anilines is 1. The number of benzene rings is 1. The van der Waals surface area contributed by atoms with Crippen LogP contribution in [0, 0.1) is 0 Å². The molecule has 0 radical (unpaired) electrons. The molecule has 2 amide bonds. The van der Waals surface area contributed by atoms with Crippen LogP contribution in [0.4, 0.5) is 10.5 Å². The lowest BCUT2D eigenvalue weighted by Gasteiger charge is -2.24. The number of nitrogens with zero attached hydrogens (tertiary/aromatic N) is 1. The van der Waals surface area contributed by atoms with Crippen LogP contribution in [0.2, 0.25) is 5.02 Å². The monoisotopic (exact) mass is 381 g/mol. The highest BCUT2D eigenvalue weighted by Gasteiger charge is 2.16. The molecule has 1 aromatic heterocycles. The quantitative estimate of drug-likeness (QED) is 0.750. The van der Waals surface area contributed by atoms with Crippen LogP contribution in [0.5, 0.6) is 0 Å². The van der Waals surface area contributed by atoms with Crippen molar-refractivity contribution < 1.29 is 14.3 Å². The molecule has 0 spiro atoms. The molecule has 0 aliphatic carbocycles. The van der Waals surface area contributed by atoms with Gasteiger partial charge in [-0.1, -0.05) is 11.6 Å². The molecule has 0 aliphatic heterocycles. The highest BCUT2D eigenvalue weighted by molar-refractivity contribution is 7.07. The van der Waals surface area contributed by atoms with E-state index in [2.05, 4.69) is 20.8 Å². The van der Waals surface area contributed by atoms with Crippen LogP contribution in [0.25, 0.3) is 0 Å². The van der Waals surface area contributed by atoms with Gasteiger partial charge in [0.2, 0.25) is 0 Å². The number of esters is 1. The Hall–Kier alpha value is -2.09. The van der Waals surface area contributed by atoms with Crippen molar-refractivity contribution in [2.75, 3.05) is 33.1 Å². The Kier molecular flexibility index (Phi) is 6.81. The molecule has 0 saturated heterocycles. The number of halogens is 1. The minimum Gasteiger partial charge on any atom is -0.465 e. The van der Waals surface area contributed by atoms with Crippen molar-refractivity contribution in [1.29, 1.82) is 0 Å². The first kappa shape index (κ1) is 19.2. The summed E-state index contributed by atoms with van der Waals surface area (Å²) < 4.78 is 4.67. The van der Waals surface area contributed by atoms with Gasteiger partial charge in [0, 0.05) is 12.2 Å². The predicted molar refractivity (Wildman–Crippen MR) is 101 cm³/mol. The Bertz CT molecular complexity index is 735. The van der Waals surface area contributed by atoms with Gasteiger partial charge < -0.3 is 20.3 Å². The van der Waals surface area contributed by atoms with Crippen LogP contribution in [0.15, 0.2) is 35.0 Å². The van der Waals surface area contributed by atoms with Gasteiger partial charge in [0.1, 0.15) is 0 Å². The zero-order valence-corrected chi connectivity index (χ0v) is 15.8. The van der Waals surface area contributed by atoms with Crippen LogP contribution in [-0.4, -0.2) is 44.7 Å². The summed E-state index contributed by atoms with van der Waals surface area (Å²) in [7, 11) is 5.20. The van der Waals surface area contributed by atoms with E-state index in [-0.39, 0.29) is 22.7 Å². The molecule has 0 aliphatic rings. The molecule has 8 heteroatoms. The molecule has 2 N–H and O–H groups in total. The second-order valence-electron chi connectivity index (χ2n) is 5.56. The number of hydrogen-bond acceptors (Lipinski definition) is 5. The van der Waals surface area contributed by atoms with Gasteiger partial charge in [-0.25, -0.2) is 9.59 Å². The smallest absolute Gasteiger partial charge is 0.339 e. The molecule has 1 heterocycles. The molecule has 1 unspecified atom stereocenters. The van der Waals surface area contributed by atoms with E-state index in [1.807, 2.05) is 30.4 Å². The van der Waals surface area contributed by atoms with Gasteiger partial charge in [-0.2, -0.15) is 11.3 Å². The van der Waals surface area contributed by atoms with Crippen molar-refractivity contribution in [3.05, 3.63) is 51.2 Å². The number of urea groups is 1. The Morgan fingerprint density at radius 3 is 2.68 bits per heavy atom. The van der Waals surface area contributed by atoms with Crippen LogP contribution in [0.3, 0.4) is 0 Å². The van der Waals surface area contributed by atoms with Crippen LogP contribution in [-0.2, 0) is 4.74 Å². The van der Waals surface area contributed by atoms with Crippen LogP contribution in [0.1, 0.15) is 22.0 Å².